The van der Waals surface area contributed by atoms with Crippen LogP contribution < -0.4 is 15.4 Å². The maximum absolute atomic E-state index is 12.1. The highest BCUT2D eigenvalue weighted by Gasteiger charge is 2.09. The van der Waals surface area contributed by atoms with E-state index >= 15 is 0 Å². The molecule has 0 spiro atoms. The van der Waals surface area contributed by atoms with Gasteiger partial charge in [0, 0.05) is 23.8 Å². The van der Waals surface area contributed by atoms with Gasteiger partial charge in [0.15, 0.2) is 6.61 Å². The zero-order valence-corrected chi connectivity index (χ0v) is 14.8. The Balaban J connectivity index is 1.89. The van der Waals surface area contributed by atoms with Crippen molar-refractivity contribution in [1.29, 1.82) is 0 Å². The molecule has 0 aliphatic heterocycles. The summed E-state index contributed by atoms with van der Waals surface area (Å²) in [6.07, 6.45) is 0.846. The molecule has 5 nitrogen and oxygen atoms in total. The maximum Gasteiger partial charge on any atom is 0.262 e. The Morgan fingerprint density at radius 2 is 1.88 bits per heavy atom. The maximum atomic E-state index is 12.1. The summed E-state index contributed by atoms with van der Waals surface area (Å²) in [5.74, 6) is 0.468. The summed E-state index contributed by atoms with van der Waals surface area (Å²) in [5.41, 5.74) is 2.85. The molecule has 1 atom stereocenters. The Morgan fingerprint density at radius 1 is 1.16 bits per heavy atom. The summed E-state index contributed by atoms with van der Waals surface area (Å²) in [6, 6.07) is 15.3. The lowest BCUT2D eigenvalue weighted by Crippen LogP contribution is -2.31. The molecule has 5 heteroatoms. The van der Waals surface area contributed by atoms with E-state index < -0.39 is 0 Å². The lowest BCUT2D eigenvalue weighted by atomic mass is 10.1. The van der Waals surface area contributed by atoms with Crippen LogP contribution in [0.2, 0.25) is 0 Å². The lowest BCUT2D eigenvalue weighted by molar-refractivity contribution is -0.118. The topological polar surface area (TPSA) is 70.6 Å². The minimum Gasteiger partial charge on any atom is -0.483 e. The third-order valence-corrected chi connectivity index (χ3v) is 3.96. The number of aliphatic hydroxyl groups is 1. The van der Waals surface area contributed by atoms with Gasteiger partial charge in [0.05, 0.1) is 6.61 Å². The Bertz CT molecular complexity index is 667. The molecule has 0 saturated carbocycles. The van der Waals surface area contributed by atoms with Gasteiger partial charge in [-0.15, -0.1) is 0 Å². The van der Waals surface area contributed by atoms with Gasteiger partial charge in [0.25, 0.3) is 5.91 Å². The molecule has 0 aromatic heterocycles. The van der Waals surface area contributed by atoms with Crippen molar-refractivity contribution in [3.63, 3.8) is 0 Å². The second-order valence-corrected chi connectivity index (χ2v) is 5.98. The SMILES string of the molecule is CC[C@H](CO)NCc1ccccc1OCC(=O)Nc1ccc(C)cc1. The van der Waals surface area contributed by atoms with Crippen LogP contribution in [0, 0.1) is 6.92 Å². The van der Waals surface area contributed by atoms with Crippen LogP contribution in [0.5, 0.6) is 5.75 Å². The number of para-hydroxylation sites is 1. The number of aryl methyl sites for hydroxylation is 1. The van der Waals surface area contributed by atoms with E-state index in [1.807, 2.05) is 62.4 Å². The van der Waals surface area contributed by atoms with Gasteiger partial charge >= 0.3 is 0 Å². The van der Waals surface area contributed by atoms with Crippen LogP contribution in [0.15, 0.2) is 48.5 Å². The number of carbonyl (C=O) groups is 1. The summed E-state index contributed by atoms with van der Waals surface area (Å²) < 4.78 is 5.68. The van der Waals surface area contributed by atoms with E-state index in [0.29, 0.717) is 12.3 Å². The second-order valence-electron chi connectivity index (χ2n) is 5.98. The highest BCUT2D eigenvalue weighted by molar-refractivity contribution is 5.91. The van der Waals surface area contributed by atoms with Crippen LogP contribution in [-0.2, 0) is 11.3 Å². The van der Waals surface area contributed by atoms with Crippen LogP contribution in [-0.4, -0.2) is 30.3 Å². The van der Waals surface area contributed by atoms with Crippen molar-refractivity contribution in [2.75, 3.05) is 18.5 Å². The minimum atomic E-state index is -0.201. The number of nitrogens with one attached hydrogen (secondary N) is 2. The van der Waals surface area contributed by atoms with Crippen molar-refractivity contribution in [3.8, 4) is 5.75 Å². The van der Waals surface area contributed by atoms with Crippen molar-refractivity contribution < 1.29 is 14.6 Å². The molecule has 1 amide bonds. The first-order valence-corrected chi connectivity index (χ1v) is 8.53. The van der Waals surface area contributed by atoms with Crippen LogP contribution in [0.3, 0.4) is 0 Å². The molecule has 2 rings (SSSR count). The fourth-order valence-corrected chi connectivity index (χ4v) is 2.36. The molecule has 0 aliphatic carbocycles. The Morgan fingerprint density at radius 3 is 2.56 bits per heavy atom. The smallest absolute Gasteiger partial charge is 0.262 e. The van der Waals surface area contributed by atoms with E-state index in [1.165, 1.54) is 0 Å². The third-order valence-electron chi connectivity index (χ3n) is 3.96. The zero-order chi connectivity index (χ0) is 18.1. The third kappa shape index (κ3) is 6.21. The fourth-order valence-electron chi connectivity index (χ4n) is 2.36. The fraction of sp³-hybridized carbons (Fsp3) is 0.350. The number of hydrogen-bond donors (Lipinski definition) is 3. The van der Waals surface area contributed by atoms with Gasteiger partial charge in [-0.05, 0) is 31.5 Å². The molecule has 0 heterocycles. The highest BCUT2D eigenvalue weighted by Crippen LogP contribution is 2.18. The molecule has 2 aromatic carbocycles. The van der Waals surface area contributed by atoms with Gasteiger partial charge in [-0.2, -0.15) is 0 Å². The molecular weight excluding hydrogens is 316 g/mol. The lowest BCUT2D eigenvalue weighted by Gasteiger charge is -2.16. The Labute approximate surface area is 149 Å². The molecule has 0 bridgehead atoms. The van der Waals surface area contributed by atoms with Gasteiger partial charge in [-0.25, -0.2) is 0 Å². The van der Waals surface area contributed by atoms with E-state index in [4.69, 9.17) is 4.74 Å². The van der Waals surface area contributed by atoms with Crippen LogP contribution >= 0.6 is 0 Å². The molecule has 2 aromatic rings. The number of aliphatic hydroxyl groups excluding tert-OH is 1. The van der Waals surface area contributed by atoms with Gasteiger partial charge in [0.2, 0.25) is 0 Å². The van der Waals surface area contributed by atoms with Crippen molar-refractivity contribution in [1.82, 2.24) is 5.32 Å². The standard InChI is InChI=1S/C20H26N2O3/c1-3-17(13-23)21-12-16-6-4-5-7-19(16)25-14-20(24)22-18-10-8-15(2)9-11-18/h4-11,17,21,23H,3,12-14H2,1-2H3,(H,22,24)/t17-/m1/s1. The molecule has 3 N–H and O–H groups in total. The van der Waals surface area contributed by atoms with Crippen LogP contribution in [0.4, 0.5) is 5.69 Å². The summed E-state index contributed by atoms with van der Waals surface area (Å²) in [7, 11) is 0. The van der Waals surface area contributed by atoms with E-state index in [-0.39, 0.29) is 25.2 Å². The summed E-state index contributed by atoms with van der Waals surface area (Å²) in [5, 5.41) is 15.4. The molecule has 0 aliphatic rings. The Hall–Kier alpha value is -2.37. The molecular formula is C20H26N2O3. The van der Waals surface area contributed by atoms with Gasteiger partial charge in [-0.1, -0.05) is 42.8 Å². The van der Waals surface area contributed by atoms with Gasteiger partial charge in [0.1, 0.15) is 5.75 Å². The number of carbonyl (C=O) groups excluding carboxylic acids is 1. The first-order valence-electron chi connectivity index (χ1n) is 8.53. The predicted molar refractivity (Wildman–Crippen MR) is 99.8 cm³/mol. The molecule has 0 fully saturated rings. The summed E-state index contributed by atoms with van der Waals surface area (Å²) in [4.78, 5) is 12.1. The normalized spacial score (nSPS) is 11.8. The second kappa shape index (κ2) is 9.81. The van der Waals surface area contributed by atoms with Crippen molar-refractivity contribution in [2.24, 2.45) is 0 Å². The van der Waals surface area contributed by atoms with Crippen LogP contribution in [0.25, 0.3) is 0 Å². The van der Waals surface area contributed by atoms with E-state index in [9.17, 15) is 9.90 Å². The first-order chi connectivity index (χ1) is 12.1. The predicted octanol–water partition coefficient (Wildman–Crippen LogP) is 2.87. The molecule has 0 saturated heterocycles. The highest BCUT2D eigenvalue weighted by atomic mass is 16.5. The average molecular weight is 342 g/mol. The minimum absolute atomic E-state index is 0.0535. The Kier molecular flexibility index (Phi) is 7.44. The quantitative estimate of drug-likeness (QED) is 0.655. The van der Waals surface area contributed by atoms with Gasteiger partial charge < -0.3 is 20.5 Å². The summed E-state index contributed by atoms with van der Waals surface area (Å²) >= 11 is 0. The van der Waals surface area contributed by atoms with E-state index in [1.54, 1.807) is 0 Å². The molecule has 25 heavy (non-hydrogen) atoms. The van der Waals surface area contributed by atoms with Crippen molar-refractivity contribution in [2.45, 2.75) is 32.9 Å². The molecule has 0 radical (unpaired) electrons. The molecule has 0 unspecified atom stereocenters. The monoisotopic (exact) mass is 342 g/mol. The largest absolute Gasteiger partial charge is 0.483 e. The number of rotatable bonds is 9. The van der Waals surface area contributed by atoms with Gasteiger partial charge in [-0.3, -0.25) is 4.79 Å². The van der Waals surface area contributed by atoms with E-state index in [2.05, 4.69) is 10.6 Å². The first kappa shape index (κ1) is 19.0. The van der Waals surface area contributed by atoms with Crippen molar-refractivity contribution in [3.05, 3.63) is 59.7 Å². The number of benzene rings is 2. The van der Waals surface area contributed by atoms with Crippen LogP contribution in [0.1, 0.15) is 24.5 Å². The number of hydrogen-bond acceptors (Lipinski definition) is 4. The molecule has 134 valence electrons. The number of amides is 1. The average Bonchev–Trinajstić information content (AvgIpc) is 2.63. The summed E-state index contributed by atoms with van der Waals surface area (Å²) in [6.45, 7) is 4.64. The van der Waals surface area contributed by atoms with E-state index in [0.717, 1.165) is 23.2 Å². The number of anilines is 1. The number of ether oxygens (including phenoxy) is 1. The van der Waals surface area contributed by atoms with Crippen molar-refractivity contribution >= 4 is 11.6 Å². The zero-order valence-electron chi connectivity index (χ0n) is 14.8.